The van der Waals surface area contributed by atoms with Gasteiger partial charge in [-0.25, -0.2) is 0 Å². The van der Waals surface area contributed by atoms with Crippen molar-refractivity contribution in [3.05, 3.63) is 34.9 Å². The molecule has 1 atom stereocenters. The monoisotopic (exact) mass is 334 g/mol. The summed E-state index contributed by atoms with van der Waals surface area (Å²) in [5, 5.41) is 0.888. The lowest BCUT2D eigenvalue weighted by atomic mass is 9.81. The molecular weight excluding hydrogens is 304 g/mol. The minimum absolute atomic E-state index is 0.648. The van der Waals surface area contributed by atoms with Crippen LogP contribution in [0.1, 0.15) is 50.0 Å². The summed E-state index contributed by atoms with van der Waals surface area (Å²) in [6.07, 6.45) is 8.45. The Kier molecular flexibility index (Phi) is 6.38. The van der Waals surface area contributed by atoms with Crippen LogP contribution in [0.5, 0.6) is 0 Å². The molecule has 1 saturated heterocycles. The molecule has 0 radical (unpaired) electrons. The molecule has 0 spiro atoms. The number of rotatable bonds is 4. The third-order valence-electron chi connectivity index (χ3n) is 5.80. The van der Waals surface area contributed by atoms with Crippen LogP contribution < -0.4 is 0 Å². The van der Waals surface area contributed by atoms with E-state index in [2.05, 4.69) is 35.0 Å². The van der Waals surface area contributed by atoms with Gasteiger partial charge in [-0.3, -0.25) is 0 Å². The highest BCUT2D eigenvalue weighted by molar-refractivity contribution is 6.30. The maximum Gasteiger partial charge on any atom is 0.0408 e. The van der Waals surface area contributed by atoms with Crippen LogP contribution in [0.3, 0.4) is 0 Å². The molecule has 2 aliphatic rings. The smallest absolute Gasteiger partial charge is 0.0408 e. The van der Waals surface area contributed by atoms with Gasteiger partial charge in [0.2, 0.25) is 0 Å². The van der Waals surface area contributed by atoms with E-state index in [4.69, 9.17) is 11.6 Å². The predicted molar refractivity (Wildman–Crippen MR) is 99.3 cm³/mol. The van der Waals surface area contributed by atoms with Crippen molar-refractivity contribution >= 4 is 11.6 Å². The minimum atomic E-state index is 0.648. The van der Waals surface area contributed by atoms with Gasteiger partial charge in [0.1, 0.15) is 0 Å². The second kappa shape index (κ2) is 8.50. The second-order valence-corrected chi connectivity index (χ2v) is 7.95. The van der Waals surface area contributed by atoms with Gasteiger partial charge in [-0.15, -0.1) is 0 Å². The molecule has 1 aliphatic carbocycles. The number of nitrogens with zero attached hydrogens (tertiary/aromatic N) is 2. The third kappa shape index (κ3) is 4.95. The van der Waals surface area contributed by atoms with Crippen molar-refractivity contribution in [2.75, 3.05) is 39.8 Å². The van der Waals surface area contributed by atoms with E-state index in [0.29, 0.717) is 5.92 Å². The van der Waals surface area contributed by atoms with Crippen molar-refractivity contribution in [2.24, 2.45) is 5.92 Å². The summed E-state index contributed by atoms with van der Waals surface area (Å²) in [5.74, 6) is 1.48. The zero-order valence-electron chi connectivity index (χ0n) is 14.5. The van der Waals surface area contributed by atoms with Crippen LogP contribution in [0.4, 0.5) is 0 Å². The maximum absolute atomic E-state index is 6.30. The molecule has 1 aliphatic heterocycles. The number of piperazine rings is 1. The molecule has 0 bridgehead atoms. The largest absolute Gasteiger partial charge is 0.304 e. The summed E-state index contributed by atoms with van der Waals surface area (Å²) >= 11 is 6.30. The van der Waals surface area contributed by atoms with E-state index in [1.807, 2.05) is 6.07 Å². The predicted octanol–water partition coefficient (Wildman–Crippen LogP) is 4.64. The van der Waals surface area contributed by atoms with Crippen LogP contribution in [0.2, 0.25) is 5.02 Å². The minimum Gasteiger partial charge on any atom is -0.304 e. The summed E-state index contributed by atoms with van der Waals surface area (Å²) in [6.45, 7) is 6.03. The Bertz CT molecular complexity index is 474. The van der Waals surface area contributed by atoms with Crippen molar-refractivity contribution in [3.63, 3.8) is 0 Å². The third-order valence-corrected chi connectivity index (χ3v) is 6.03. The first-order chi connectivity index (χ1) is 11.2. The molecule has 3 rings (SSSR count). The molecule has 1 aromatic carbocycles. The van der Waals surface area contributed by atoms with Gasteiger partial charge in [0.15, 0.2) is 0 Å². The highest BCUT2D eigenvalue weighted by Crippen LogP contribution is 2.36. The molecule has 0 amide bonds. The normalized spacial score (nSPS) is 23.6. The molecule has 23 heavy (non-hydrogen) atoms. The van der Waals surface area contributed by atoms with Crippen molar-refractivity contribution < 1.29 is 0 Å². The Morgan fingerprint density at radius 3 is 2.39 bits per heavy atom. The Morgan fingerprint density at radius 2 is 1.74 bits per heavy atom. The number of likely N-dealkylation sites (N-methyl/N-ethyl adjacent to an activating group) is 1. The molecular formula is C20H31ClN2. The van der Waals surface area contributed by atoms with E-state index in [1.54, 1.807) is 0 Å². The first kappa shape index (κ1) is 17.3. The SMILES string of the molecule is CN1CCN(CC(c2cccc(Cl)c2)C2CCCCCC2)CC1. The van der Waals surface area contributed by atoms with Gasteiger partial charge < -0.3 is 9.80 Å². The second-order valence-electron chi connectivity index (χ2n) is 7.52. The van der Waals surface area contributed by atoms with Gasteiger partial charge in [-0.05, 0) is 49.4 Å². The number of benzene rings is 1. The standard InChI is InChI=1S/C20H31ClN2/c1-22-11-13-23(14-12-22)16-20(17-7-4-2-3-5-8-17)18-9-6-10-19(21)15-18/h6,9-10,15,17,20H,2-5,7-8,11-14,16H2,1H3. The van der Waals surface area contributed by atoms with Gasteiger partial charge >= 0.3 is 0 Å². The molecule has 1 unspecified atom stereocenters. The Hall–Kier alpha value is -0.570. The van der Waals surface area contributed by atoms with E-state index in [0.717, 1.165) is 10.9 Å². The van der Waals surface area contributed by atoms with E-state index in [1.165, 1.54) is 76.8 Å². The van der Waals surface area contributed by atoms with Crippen LogP contribution in [0, 0.1) is 5.92 Å². The topological polar surface area (TPSA) is 6.48 Å². The highest BCUT2D eigenvalue weighted by atomic mass is 35.5. The van der Waals surface area contributed by atoms with E-state index in [-0.39, 0.29) is 0 Å². The van der Waals surface area contributed by atoms with Crippen molar-refractivity contribution in [3.8, 4) is 0 Å². The van der Waals surface area contributed by atoms with Gasteiger partial charge in [0.05, 0.1) is 0 Å². The first-order valence-electron chi connectivity index (χ1n) is 9.39. The fourth-order valence-electron chi connectivity index (χ4n) is 4.29. The molecule has 1 aromatic rings. The fraction of sp³-hybridized carbons (Fsp3) is 0.700. The zero-order chi connectivity index (χ0) is 16.1. The molecule has 128 valence electrons. The van der Waals surface area contributed by atoms with Gasteiger partial charge in [-0.1, -0.05) is 49.4 Å². The van der Waals surface area contributed by atoms with Crippen molar-refractivity contribution in [1.29, 1.82) is 0 Å². The Balaban J connectivity index is 1.75. The van der Waals surface area contributed by atoms with Gasteiger partial charge in [-0.2, -0.15) is 0 Å². The molecule has 3 heteroatoms. The quantitative estimate of drug-likeness (QED) is 0.740. The molecule has 0 aromatic heterocycles. The summed E-state index contributed by atoms with van der Waals surface area (Å²) in [5.41, 5.74) is 1.46. The molecule has 1 saturated carbocycles. The van der Waals surface area contributed by atoms with E-state index < -0.39 is 0 Å². The lowest BCUT2D eigenvalue weighted by molar-refractivity contribution is 0.135. The number of hydrogen-bond donors (Lipinski definition) is 0. The molecule has 2 fully saturated rings. The van der Waals surface area contributed by atoms with Crippen LogP contribution in [0.15, 0.2) is 24.3 Å². The Labute approximate surface area is 146 Å². The van der Waals surface area contributed by atoms with Crippen LogP contribution in [0.25, 0.3) is 0 Å². The molecule has 0 N–H and O–H groups in total. The van der Waals surface area contributed by atoms with Crippen molar-refractivity contribution in [1.82, 2.24) is 9.80 Å². The van der Waals surface area contributed by atoms with E-state index in [9.17, 15) is 0 Å². The van der Waals surface area contributed by atoms with E-state index >= 15 is 0 Å². The van der Waals surface area contributed by atoms with Crippen LogP contribution >= 0.6 is 11.6 Å². The summed E-state index contributed by atoms with van der Waals surface area (Å²) in [7, 11) is 2.23. The molecule has 1 heterocycles. The first-order valence-corrected chi connectivity index (χ1v) is 9.76. The maximum atomic E-state index is 6.30. The lowest BCUT2D eigenvalue weighted by Crippen LogP contribution is -2.46. The average molecular weight is 335 g/mol. The van der Waals surface area contributed by atoms with Gasteiger partial charge in [0, 0.05) is 37.7 Å². The summed E-state index contributed by atoms with van der Waals surface area (Å²) in [4.78, 5) is 5.12. The summed E-state index contributed by atoms with van der Waals surface area (Å²) in [6, 6.07) is 8.65. The fourth-order valence-corrected chi connectivity index (χ4v) is 4.48. The van der Waals surface area contributed by atoms with Gasteiger partial charge in [0.25, 0.3) is 0 Å². The molecule has 2 nitrogen and oxygen atoms in total. The van der Waals surface area contributed by atoms with Crippen molar-refractivity contribution in [2.45, 2.75) is 44.4 Å². The Morgan fingerprint density at radius 1 is 1.04 bits per heavy atom. The lowest BCUT2D eigenvalue weighted by Gasteiger charge is -2.37. The number of hydrogen-bond acceptors (Lipinski definition) is 2. The number of halogens is 1. The average Bonchev–Trinajstić information content (AvgIpc) is 2.83. The van der Waals surface area contributed by atoms with Crippen LogP contribution in [-0.2, 0) is 0 Å². The summed E-state index contributed by atoms with van der Waals surface area (Å²) < 4.78 is 0. The van der Waals surface area contributed by atoms with Crippen LogP contribution in [-0.4, -0.2) is 49.6 Å². The zero-order valence-corrected chi connectivity index (χ0v) is 15.3. The highest BCUT2D eigenvalue weighted by Gasteiger charge is 2.27.